The van der Waals surface area contributed by atoms with E-state index in [0.717, 1.165) is 31.6 Å². The summed E-state index contributed by atoms with van der Waals surface area (Å²) in [4.78, 5) is 2.03. The number of rotatable bonds is 7. The van der Waals surface area contributed by atoms with E-state index in [2.05, 4.69) is 12.2 Å². The molecule has 1 aromatic carbocycles. The fourth-order valence-corrected chi connectivity index (χ4v) is 2.85. The Kier molecular flexibility index (Phi) is 6.61. The third-order valence-electron chi connectivity index (χ3n) is 3.93. The number of benzene rings is 1. The summed E-state index contributed by atoms with van der Waals surface area (Å²) in [7, 11) is 0. The molecule has 2 N–H and O–H groups in total. The number of morpholine rings is 1. The molecule has 2 unspecified atom stereocenters. The Morgan fingerprint density at radius 1 is 1.32 bits per heavy atom. The van der Waals surface area contributed by atoms with Gasteiger partial charge in [-0.25, -0.2) is 4.39 Å². The quantitative estimate of drug-likeness (QED) is 0.810. The highest BCUT2D eigenvalue weighted by Gasteiger charge is 2.15. The van der Waals surface area contributed by atoms with Crippen LogP contribution in [0.2, 0.25) is 0 Å². The molecule has 0 spiro atoms. The lowest BCUT2D eigenvalue weighted by atomic mass is 10.0. The average molecular weight is 310 g/mol. The monoisotopic (exact) mass is 310 g/mol. The van der Waals surface area contributed by atoms with E-state index in [4.69, 9.17) is 4.74 Å². The zero-order valence-electron chi connectivity index (χ0n) is 13.5. The first-order valence-electron chi connectivity index (χ1n) is 8.06. The van der Waals surface area contributed by atoms with E-state index in [0.29, 0.717) is 31.4 Å². The normalized spacial score (nSPS) is 18.3. The standard InChI is InChI=1S/C17H27FN2O2/c1-13(9-14(2)21)11-19-12-15-3-4-17(16(18)10-15)20-5-7-22-8-6-20/h3-4,10,13-14,19,21H,5-9,11-12H2,1-2H3. The van der Waals surface area contributed by atoms with Gasteiger partial charge in [0.1, 0.15) is 5.82 Å². The van der Waals surface area contributed by atoms with E-state index in [-0.39, 0.29) is 11.9 Å². The Bertz CT molecular complexity index is 462. The lowest BCUT2D eigenvalue weighted by molar-refractivity contribution is 0.122. The molecule has 2 rings (SSSR count). The van der Waals surface area contributed by atoms with Crippen LogP contribution in [0.15, 0.2) is 18.2 Å². The third-order valence-corrected chi connectivity index (χ3v) is 3.93. The molecule has 1 aliphatic heterocycles. The van der Waals surface area contributed by atoms with E-state index in [9.17, 15) is 9.50 Å². The number of nitrogens with one attached hydrogen (secondary N) is 1. The van der Waals surface area contributed by atoms with Crippen molar-refractivity contribution in [2.24, 2.45) is 5.92 Å². The molecular formula is C17H27FN2O2. The molecule has 124 valence electrons. The maximum absolute atomic E-state index is 14.2. The van der Waals surface area contributed by atoms with Gasteiger partial charge >= 0.3 is 0 Å². The largest absolute Gasteiger partial charge is 0.393 e. The van der Waals surface area contributed by atoms with Crippen LogP contribution in [0.1, 0.15) is 25.8 Å². The van der Waals surface area contributed by atoms with E-state index in [1.807, 2.05) is 17.0 Å². The zero-order valence-corrected chi connectivity index (χ0v) is 13.5. The van der Waals surface area contributed by atoms with Crippen LogP contribution >= 0.6 is 0 Å². The van der Waals surface area contributed by atoms with Crippen LogP contribution in [0.4, 0.5) is 10.1 Å². The van der Waals surface area contributed by atoms with Gasteiger partial charge in [0.05, 0.1) is 25.0 Å². The number of aliphatic hydroxyl groups excluding tert-OH is 1. The lowest BCUT2D eigenvalue weighted by Gasteiger charge is -2.29. The maximum atomic E-state index is 14.2. The second-order valence-corrected chi connectivity index (χ2v) is 6.21. The van der Waals surface area contributed by atoms with Crippen molar-refractivity contribution in [2.45, 2.75) is 32.9 Å². The number of hydrogen-bond acceptors (Lipinski definition) is 4. The second-order valence-electron chi connectivity index (χ2n) is 6.21. The molecule has 1 heterocycles. The Morgan fingerprint density at radius 3 is 2.68 bits per heavy atom. The molecular weight excluding hydrogens is 283 g/mol. The number of nitrogens with zero attached hydrogens (tertiary/aromatic N) is 1. The first kappa shape index (κ1) is 17.2. The number of aliphatic hydroxyl groups is 1. The van der Waals surface area contributed by atoms with E-state index < -0.39 is 0 Å². The highest BCUT2D eigenvalue weighted by Crippen LogP contribution is 2.21. The number of halogens is 1. The van der Waals surface area contributed by atoms with Gasteiger partial charge in [-0.05, 0) is 43.5 Å². The summed E-state index contributed by atoms with van der Waals surface area (Å²) in [5, 5.41) is 12.7. The molecule has 0 bridgehead atoms. The van der Waals surface area contributed by atoms with Crippen LogP contribution in [-0.4, -0.2) is 44.1 Å². The van der Waals surface area contributed by atoms with Crippen molar-refractivity contribution < 1.29 is 14.2 Å². The molecule has 2 atom stereocenters. The highest BCUT2D eigenvalue weighted by molar-refractivity contribution is 5.49. The van der Waals surface area contributed by atoms with E-state index in [1.165, 1.54) is 0 Å². The minimum atomic E-state index is -0.276. The van der Waals surface area contributed by atoms with Gasteiger partial charge in [-0.1, -0.05) is 13.0 Å². The molecule has 1 saturated heterocycles. The van der Waals surface area contributed by atoms with Gasteiger partial charge in [0, 0.05) is 19.6 Å². The molecule has 22 heavy (non-hydrogen) atoms. The van der Waals surface area contributed by atoms with Crippen molar-refractivity contribution in [1.82, 2.24) is 5.32 Å². The van der Waals surface area contributed by atoms with E-state index >= 15 is 0 Å². The minimum absolute atomic E-state index is 0.168. The van der Waals surface area contributed by atoms with Crippen molar-refractivity contribution in [2.75, 3.05) is 37.7 Å². The van der Waals surface area contributed by atoms with Gasteiger partial charge < -0.3 is 20.1 Å². The molecule has 0 aromatic heterocycles. The van der Waals surface area contributed by atoms with Crippen molar-refractivity contribution in [3.05, 3.63) is 29.6 Å². The molecule has 1 aromatic rings. The fraction of sp³-hybridized carbons (Fsp3) is 0.647. The Labute approximate surface area is 132 Å². The number of anilines is 1. The van der Waals surface area contributed by atoms with Gasteiger partial charge in [0.15, 0.2) is 0 Å². The summed E-state index contributed by atoms with van der Waals surface area (Å²) in [6.45, 7) is 8.16. The van der Waals surface area contributed by atoms with Gasteiger partial charge in [0.2, 0.25) is 0 Å². The topological polar surface area (TPSA) is 44.7 Å². The lowest BCUT2D eigenvalue weighted by Crippen LogP contribution is -2.36. The fourth-order valence-electron chi connectivity index (χ4n) is 2.85. The van der Waals surface area contributed by atoms with Crippen molar-refractivity contribution in [1.29, 1.82) is 0 Å². The van der Waals surface area contributed by atoms with Crippen LogP contribution in [-0.2, 0) is 11.3 Å². The predicted molar refractivity (Wildman–Crippen MR) is 86.6 cm³/mol. The van der Waals surface area contributed by atoms with Gasteiger partial charge in [-0.2, -0.15) is 0 Å². The Hall–Kier alpha value is -1.17. The summed E-state index contributed by atoms with van der Waals surface area (Å²) < 4.78 is 19.5. The van der Waals surface area contributed by atoms with Gasteiger partial charge in [0.25, 0.3) is 0 Å². The van der Waals surface area contributed by atoms with Crippen LogP contribution in [0.3, 0.4) is 0 Å². The van der Waals surface area contributed by atoms with Crippen molar-refractivity contribution in [3.8, 4) is 0 Å². The van der Waals surface area contributed by atoms with Crippen LogP contribution in [0, 0.1) is 11.7 Å². The highest BCUT2D eigenvalue weighted by atomic mass is 19.1. The number of ether oxygens (including phenoxy) is 1. The molecule has 5 heteroatoms. The Balaban J connectivity index is 1.84. The van der Waals surface area contributed by atoms with Crippen LogP contribution < -0.4 is 10.2 Å². The summed E-state index contributed by atoms with van der Waals surface area (Å²) in [5.74, 6) is 0.232. The average Bonchev–Trinajstić information content (AvgIpc) is 2.47. The minimum Gasteiger partial charge on any atom is -0.393 e. The molecule has 0 amide bonds. The maximum Gasteiger partial charge on any atom is 0.146 e. The molecule has 1 aliphatic rings. The summed E-state index contributed by atoms with van der Waals surface area (Å²) in [5.41, 5.74) is 1.60. The third kappa shape index (κ3) is 5.23. The summed E-state index contributed by atoms with van der Waals surface area (Å²) in [6.07, 6.45) is 0.499. The zero-order chi connectivity index (χ0) is 15.9. The molecule has 0 aliphatic carbocycles. The first-order valence-corrected chi connectivity index (χ1v) is 8.06. The van der Waals surface area contributed by atoms with Crippen molar-refractivity contribution >= 4 is 5.69 Å². The van der Waals surface area contributed by atoms with Crippen molar-refractivity contribution in [3.63, 3.8) is 0 Å². The van der Waals surface area contributed by atoms with Crippen LogP contribution in [0.25, 0.3) is 0 Å². The van der Waals surface area contributed by atoms with E-state index in [1.54, 1.807) is 13.0 Å². The molecule has 0 saturated carbocycles. The molecule has 1 fully saturated rings. The second kappa shape index (κ2) is 8.46. The van der Waals surface area contributed by atoms with Gasteiger partial charge in [-0.3, -0.25) is 0 Å². The first-order chi connectivity index (χ1) is 10.6. The molecule has 0 radical (unpaired) electrons. The SMILES string of the molecule is CC(O)CC(C)CNCc1ccc(N2CCOCC2)c(F)c1. The predicted octanol–water partition coefficient (Wildman–Crippen LogP) is 2.16. The molecule has 4 nitrogen and oxygen atoms in total. The Morgan fingerprint density at radius 2 is 2.05 bits per heavy atom. The van der Waals surface area contributed by atoms with Crippen LogP contribution in [0.5, 0.6) is 0 Å². The number of hydrogen-bond donors (Lipinski definition) is 2. The summed E-state index contributed by atoms with van der Waals surface area (Å²) >= 11 is 0. The smallest absolute Gasteiger partial charge is 0.146 e. The summed E-state index contributed by atoms with van der Waals surface area (Å²) in [6, 6.07) is 5.44. The van der Waals surface area contributed by atoms with Gasteiger partial charge in [-0.15, -0.1) is 0 Å².